The molecule has 0 saturated heterocycles. The van der Waals surface area contributed by atoms with Gasteiger partial charge < -0.3 is 14.6 Å². The number of rotatable bonds is 6. The Labute approximate surface area is 125 Å². The van der Waals surface area contributed by atoms with Crippen LogP contribution in [-0.2, 0) is 14.8 Å². The zero-order valence-corrected chi connectivity index (χ0v) is 13.0. The number of nitrogens with one attached hydrogen (secondary N) is 1. The number of benzene rings is 1. The van der Waals surface area contributed by atoms with Gasteiger partial charge in [-0.2, -0.15) is 0 Å². The van der Waals surface area contributed by atoms with Gasteiger partial charge in [-0.15, -0.1) is 0 Å². The fourth-order valence-corrected chi connectivity index (χ4v) is 2.62. The van der Waals surface area contributed by atoms with Gasteiger partial charge in [-0.3, -0.25) is 0 Å². The van der Waals surface area contributed by atoms with Gasteiger partial charge in [-0.25, -0.2) is 13.1 Å². The van der Waals surface area contributed by atoms with E-state index in [1.165, 1.54) is 32.4 Å². The molecule has 116 valence electrons. The Kier molecular flexibility index (Phi) is 6.65. The summed E-state index contributed by atoms with van der Waals surface area (Å²) in [6.07, 6.45) is -0.230. The van der Waals surface area contributed by atoms with Gasteiger partial charge in [-0.05, 0) is 25.1 Å². The zero-order chi connectivity index (χ0) is 15.9. The number of aliphatic hydroxyl groups is 1. The molecule has 1 aromatic rings. The van der Waals surface area contributed by atoms with Crippen molar-refractivity contribution in [3.05, 3.63) is 23.8 Å². The Morgan fingerprint density at radius 2 is 2.10 bits per heavy atom. The first kappa shape index (κ1) is 17.5. The van der Waals surface area contributed by atoms with Crippen molar-refractivity contribution in [2.24, 2.45) is 0 Å². The van der Waals surface area contributed by atoms with E-state index in [2.05, 4.69) is 16.6 Å². The number of hydrogen-bond donors (Lipinski definition) is 2. The van der Waals surface area contributed by atoms with Gasteiger partial charge >= 0.3 is 0 Å². The highest BCUT2D eigenvalue weighted by Gasteiger charge is 2.16. The summed E-state index contributed by atoms with van der Waals surface area (Å²) >= 11 is 0. The Bertz CT molecular complexity index is 630. The highest BCUT2D eigenvalue weighted by Crippen LogP contribution is 2.21. The lowest BCUT2D eigenvalue weighted by molar-refractivity contribution is 0.122. The van der Waals surface area contributed by atoms with Gasteiger partial charge in [0.15, 0.2) is 0 Å². The van der Waals surface area contributed by atoms with E-state index in [0.29, 0.717) is 11.3 Å². The molecule has 0 heterocycles. The van der Waals surface area contributed by atoms with E-state index >= 15 is 0 Å². The van der Waals surface area contributed by atoms with Crippen LogP contribution in [0, 0.1) is 11.8 Å². The second-order valence-electron chi connectivity index (χ2n) is 4.22. The third-order valence-electron chi connectivity index (χ3n) is 2.75. The van der Waals surface area contributed by atoms with Crippen LogP contribution < -0.4 is 9.46 Å². The normalized spacial score (nSPS) is 12.4. The van der Waals surface area contributed by atoms with Crippen molar-refractivity contribution in [1.82, 2.24) is 4.72 Å². The Morgan fingerprint density at radius 1 is 1.38 bits per heavy atom. The summed E-state index contributed by atoms with van der Waals surface area (Å²) in [5, 5.41) is 8.73. The summed E-state index contributed by atoms with van der Waals surface area (Å²) in [6.45, 7) is 1.61. The number of ether oxygens (including phenoxy) is 2. The maximum Gasteiger partial charge on any atom is 0.240 e. The summed E-state index contributed by atoms with van der Waals surface area (Å²) in [5.41, 5.74) is 0.397. The van der Waals surface area contributed by atoms with Crippen LogP contribution in [-0.4, -0.2) is 47.0 Å². The van der Waals surface area contributed by atoms with E-state index in [-0.39, 0.29) is 24.2 Å². The van der Waals surface area contributed by atoms with Crippen molar-refractivity contribution in [3.63, 3.8) is 0 Å². The van der Waals surface area contributed by atoms with E-state index < -0.39 is 10.0 Å². The van der Waals surface area contributed by atoms with E-state index in [0.717, 1.165) is 0 Å². The van der Waals surface area contributed by atoms with Crippen molar-refractivity contribution in [1.29, 1.82) is 0 Å². The quantitative estimate of drug-likeness (QED) is 0.740. The van der Waals surface area contributed by atoms with E-state index in [1.807, 2.05) is 0 Å². The lowest BCUT2D eigenvalue weighted by Crippen LogP contribution is -2.31. The lowest BCUT2D eigenvalue weighted by Gasteiger charge is -2.12. The molecule has 1 aromatic carbocycles. The van der Waals surface area contributed by atoms with Crippen LogP contribution in [0.5, 0.6) is 5.75 Å². The molecule has 7 heteroatoms. The molecule has 0 saturated carbocycles. The maximum atomic E-state index is 12.2. The second-order valence-corrected chi connectivity index (χ2v) is 5.99. The summed E-state index contributed by atoms with van der Waals surface area (Å²) in [6, 6.07) is 4.36. The number of methoxy groups -OCH3 is 2. The highest BCUT2D eigenvalue weighted by molar-refractivity contribution is 7.89. The third kappa shape index (κ3) is 5.02. The molecule has 0 fully saturated rings. The van der Waals surface area contributed by atoms with E-state index in [1.54, 1.807) is 6.92 Å². The molecule has 1 unspecified atom stereocenters. The smallest absolute Gasteiger partial charge is 0.240 e. The first-order valence-electron chi connectivity index (χ1n) is 6.24. The van der Waals surface area contributed by atoms with Gasteiger partial charge in [0.25, 0.3) is 0 Å². The fraction of sp³-hybridized carbons (Fsp3) is 0.429. The van der Waals surface area contributed by atoms with Gasteiger partial charge in [-0.1, -0.05) is 11.8 Å². The summed E-state index contributed by atoms with van der Waals surface area (Å²) in [7, 11) is -0.680. The van der Waals surface area contributed by atoms with Crippen LogP contribution in [0.25, 0.3) is 0 Å². The molecule has 0 radical (unpaired) electrons. The predicted octanol–water partition coefficient (Wildman–Crippen LogP) is 0.352. The molecule has 0 aromatic heterocycles. The van der Waals surface area contributed by atoms with Crippen LogP contribution in [0.4, 0.5) is 0 Å². The summed E-state index contributed by atoms with van der Waals surface area (Å²) in [5.74, 6) is 5.57. The molecule has 1 atom stereocenters. The molecule has 0 amide bonds. The Balaban J connectivity index is 3.07. The maximum absolute atomic E-state index is 12.2. The first-order valence-corrected chi connectivity index (χ1v) is 7.73. The summed E-state index contributed by atoms with van der Waals surface area (Å²) in [4.78, 5) is 0.0776. The van der Waals surface area contributed by atoms with Crippen LogP contribution >= 0.6 is 0 Å². The molecular formula is C14H19NO5S. The number of aliphatic hydroxyl groups excluding tert-OH is 1. The molecule has 0 aliphatic rings. The first-order chi connectivity index (χ1) is 9.94. The molecule has 0 aliphatic heterocycles. The van der Waals surface area contributed by atoms with Gasteiger partial charge in [0.2, 0.25) is 10.0 Å². The molecule has 1 rings (SSSR count). The van der Waals surface area contributed by atoms with Gasteiger partial charge in [0.05, 0.1) is 23.7 Å². The second kappa shape index (κ2) is 8.00. The van der Waals surface area contributed by atoms with Crippen LogP contribution in [0.2, 0.25) is 0 Å². The topological polar surface area (TPSA) is 84.9 Å². The average Bonchev–Trinajstić information content (AvgIpc) is 2.50. The van der Waals surface area contributed by atoms with Crippen LogP contribution in [0.3, 0.4) is 0 Å². The van der Waals surface area contributed by atoms with Crippen molar-refractivity contribution in [2.45, 2.75) is 17.9 Å². The Hall–Kier alpha value is -1.59. The van der Waals surface area contributed by atoms with Crippen molar-refractivity contribution in [3.8, 4) is 17.6 Å². The van der Waals surface area contributed by atoms with E-state index in [4.69, 9.17) is 14.6 Å². The number of sulfonamides is 1. The molecule has 0 spiro atoms. The SMILES string of the molecule is COc1ccc(S(=O)(=O)NCC(C)OC)cc1C#CCO. The summed E-state index contributed by atoms with van der Waals surface area (Å²) < 4.78 is 36.9. The minimum Gasteiger partial charge on any atom is -0.495 e. The molecule has 2 N–H and O–H groups in total. The van der Waals surface area contributed by atoms with Crippen LogP contribution in [0.1, 0.15) is 12.5 Å². The predicted molar refractivity (Wildman–Crippen MR) is 78.6 cm³/mol. The molecule has 21 heavy (non-hydrogen) atoms. The minimum absolute atomic E-state index is 0.0776. The largest absolute Gasteiger partial charge is 0.495 e. The van der Waals surface area contributed by atoms with Crippen molar-refractivity contribution in [2.75, 3.05) is 27.4 Å². The van der Waals surface area contributed by atoms with Crippen molar-refractivity contribution < 1.29 is 23.0 Å². The lowest BCUT2D eigenvalue weighted by atomic mass is 10.2. The monoisotopic (exact) mass is 313 g/mol. The fourth-order valence-electron chi connectivity index (χ4n) is 1.48. The molecular weight excluding hydrogens is 294 g/mol. The van der Waals surface area contributed by atoms with E-state index in [9.17, 15) is 8.42 Å². The third-order valence-corrected chi connectivity index (χ3v) is 4.17. The molecule has 0 aliphatic carbocycles. The van der Waals surface area contributed by atoms with Gasteiger partial charge in [0, 0.05) is 13.7 Å². The number of hydrogen-bond acceptors (Lipinski definition) is 5. The minimum atomic E-state index is -3.65. The standard InChI is InChI=1S/C14H19NO5S/c1-11(19-2)10-15-21(17,18)13-6-7-14(20-3)12(9-13)5-4-8-16/h6-7,9,11,15-16H,8,10H2,1-3H3. The molecule has 6 nitrogen and oxygen atoms in total. The van der Waals surface area contributed by atoms with Crippen LogP contribution in [0.15, 0.2) is 23.1 Å². The van der Waals surface area contributed by atoms with Crippen molar-refractivity contribution >= 4 is 10.0 Å². The average molecular weight is 313 g/mol. The Morgan fingerprint density at radius 3 is 2.67 bits per heavy atom. The molecule has 0 bridgehead atoms. The zero-order valence-electron chi connectivity index (χ0n) is 12.2. The highest BCUT2D eigenvalue weighted by atomic mass is 32.2. The van der Waals surface area contributed by atoms with Gasteiger partial charge in [0.1, 0.15) is 12.4 Å².